The Morgan fingerprint density at radius 3 is 2.62 bits per heavy atom. The highest BCUT2D eigenvalue weighted by Gasteiger charge is 2.21. The van der Waals surface area contributed by atoms with E-state index in [2.05, 4.69) is 21.2 Å². The molecule has 16 heavy (non-hydrogen) atoms. The van der Waals surface area contributed by atoms with E-state index in [1.807, 2.05) is 12.1 Å². The van der Waals surface area contributed by atoms with Crippen LogP contribution < -0.4 is 14.8 Å². The van der Waals surface area contributed by atoms with Gasteiger partial charge in [0.1, 0.15) is 16.0 Å². The van der Waals surface area contributed by atoms with Crippen LogP contribution in [0.25, 0.3) is 0 Å². The van der Waals surface area contributed by atoms with Gasteiger partial charge in [0, 0.05) is 18.2 Å². The molecule has 0 radical (unpaired) electrons. The number of benzene rings is 1. The quantitative estimate of drug-likeness (QED) is 0.902. The second-order valence-electron chi connectivity index (χ2n) is 3.93. The number of halogens is 1. The monoisotopic (exact) mass is 285 g/mol. The van der Waals surface area contributed by atoms with E-state index < -0.39 is 0 Å². The van der Waals surface area contributed by atoms with Crippen molar-refractivity contribution in [1.82, 2.24) is 5.32 Å². The van der Waals surface area contributed by atoms with Gasteiger partial charge in [0.15, 0.2) is 0 Å². The zero-order valence-corrected chi connectivity index (χ0v) is 11.1. The second-order valence-corrected chi connectivity index (χ2v) is 4.72. The van der Waals surface area contributed by atoms with Gasteiger partial charge in [-0.1, -0.05) is 6.07 Å². The Hall–Kier alpha value is -0.740. The van der Waals surface area contributed by atoms with Gasteiger partial charge < -0.3 is 14.8 Å². The first kappa shape index (κ1) is 11.7. The van der Waals surface area contributed by atoms with Crippen molar-refractivity contribution in [1.29, 1.82) is 0 Å². The van der Waals surface area contributed by atoms with Gasteiger partial charge in [-0.3, -0.25) is 0 Å². The summed E-state index contributed by atoms with van der Waals surface area (Å²) in [6.45, 7) is 0.844. The number of methoxy groups -OCH3 is 2. The largest absolute Gasteiger partial charge is 0.495 e. The number of nitrogens with one attached hydrogen (secondary N) is 1. The van der Waals surface area contributed by atoms with Crippen molar-refractivity contribution in [3.63, 3.8) is 0 Å². The van der Waals surface area contributed by atoms with Crippen molar-refractivity contribution in [3.05, 3.63) is 22.2 Å². The van der Waals surface area contributed by atoms with Gasteiger partial charge >= 0.3 is 0 Å². The molecule has 0 heterocycles. The van der Waals surface area contributed by atoms with E-state index in [-0.39, 0.29) is 0 Å². The van der Waals surface area contributed by atoms with Crippen molar-refractivity contribution in [3.8, 4) is 11.5 Å². The van der Waals surface area contributed by atoms with Gasteiger partial charge in [-0.25, -0.2) is 0 Å². The molecule has 0 bridgehead atoms. The third-order valence-corrected chi connectivity index (χ3v) is 3.48. The predicted molar refractivity (Wildman–Crippen MR) is 67.1 cm³/mol. The van der Waals surface area contributed by atoms with E-state index >= 15 is 0 Å². The Balaban J connectivity index is 2.18. The number of hydrogen-bond donors (Lipinski definition) is 1. The van der Waals surface area contributed by atoms with Gasteiger partial charge in [-0.2, -0.15) is 0 Å². The van der Waals surface area contributed by atoms with Crippen LogP contribution in [-0.4, -0.2) is 20.3 Å². The predicted octanol–water partition coefficient (Wildman–Crippen LogP) is 2.72. The highest BCUT2D eigenvalue weighted by atomic mass is 79.9. The van der Waals surface area contributed by atoms with E-state index in [9.17, 15) is 0 Å². The van der Waals surface area contributed by atoms with Crippen molar-refractivity contribution in [2.24, 2.45) is 0 Å². The fourth-order valence-electron chi connectivity index (χ4n) is 1.64. The molecule has 3 nitrogen and oxygen atoms in total. The number of rotatable bonds is 5. The van der Waals surface area contributed by atoms with Gasteiger partial charge in [-0.05, 0) is 34.8 Å². The molecule has 0 aliphatic heterocycles. The van der Waals surface area contributed by atoms with Crippen LogP contribution in [0.2, 0.25) is 0 Å². The van der Waals surface area contributed by atoms with Crippen molar-refractivity contribution in [2.45, 2.75) is 25.4 Å². The van der Waals surface area contributed by atoms with Crippen molar-refractivity contribution < 1.29 is 9.47 Å². The highest BCUT2D eigenvalue weighted by molar-refractivity contribution is 9.10. The Morgan fingerprint density at radius 2 is 2.06 bits per heavy atom. The summed E-state index contributed by atoms with van der Waals surface area (Å²) in [4.78, 5) is 0. The summed E-state index contributed by atoms with van der Waals surface area (Å²) in [5.41, 5.74) is 1.15. The third-order valence-electron chi connectivity index (χ3n) is 2.73. The summed E-state index contributed by atoms with van der Waals surface area (Å²) < 4.78 is 11.5. The van der Waals surface area contributed by atoms with E-state index in [0.717, 1.165) is 28.1 Å². The van der Waals surface area contributed by atoms with E-state index in [0.29, 0.717) is 6.04 Å². The normalized spacial score (nSPS) is 14.9. The lowest BCUT2D eigenvalue weighted by Gasteiger charge is -2.13. The molecule has 88 valence electrons. The van der Waals surface area contributed by atoms with Crippen LogP contribution in [0.3, 0.4) is 0 Å². The average Bonchev–Trinajstić information content (AvgIpc) is 3.10. The molecular formula is C12H16BrNO2. The average molecular weight is 286 g/mol. The summed E-state index contributed by atoms with van der Waals surface area (Å²) in [5.74, 6) is 1.65. The molecule has 0 aromatic heterocycles. The number of ether oxygens (including phenoxy) is 2. The molecule has 1 N–H and O–H groups in total. The lowest BCUT2D eigenvalue weighted by atomic mass is 10.2. The summed E-state index contributed by atoms with van der Waals surface area (Å²) in [6.07, 6.45) is 2.58. The lowest BCUT2D eigenvalue weighted by Crippen LogP contribution is -2.16. The minimum absolute atomic E-state index is 0.700. The molecule has 1 aromatic rings. The van der Waals surface area contributed by atoms with E-state index in [4.69, 9.17) is 9.47 Å². The fraction of sp³-hybridized carbons (Fsp3) is 0.500. The maximum Gasteiger partial charge on any atom is 0.141 e. The van der Waals surface area contributed by atoms with Crippen LogP contribution in [0, 0.1) is 0 Å². The Bertz CT molecular complexity index is 378. The molecular weight excluding hydrogens is 270 g/mol. The zero-order chi connectivity index (χ0) is 11.5. The lowest BCUT2D eigenvalue weighted by molar-refractivity contribution is 0.385. The molecule has 1 aliphatic rings. The van der Waals surface area contributed by atoms with Crippen molar-refractivity contribution in [2.75, 3.05) is 14.2 Å². The molecule has 0 amide bonds. The molecule has 2 rings (SSSR count). The molecule has 0 atom stereocenters. The maximum absolute atomic E-state index is 5.40. The van der Waals surface area contributed by atoms with Crippen LogP contribution in [0.15, 0.2) is 16.6 Å². The zero-order valence-electron chi connectivity index (χ0n) is 9.55. The van der Waals surface area contributed by atoms with Gasteiger partial charge in [0.05, 0.1) is 14.2 Å². The Kier molecular flexibility index (Phi) is 3.71. The first-order valence-corrected chi connectivity index (χ1v) is 6.18. The van der Waals surface area contributed by atoms with Gasteiger partial charge in [0.25, 0.3) is 0 Å². The molecule has 4 heteroatoms. The topological polar surface area (TPSA) is 30.5 Å². The first-order chi connectivity index (χ1) is 7.76. The fourth-order valence-corrected chi connectivity index (χ4v) is 2.35. The molecule has 1 aliphatic carbocycles. The SMILES string of the molecule is COc1ccc(CNC2CC2)c(OC)c1Br. The number of hydrogen-bond acceptors (Lipinski definition) is 3. The summed E-state index contributed by atoms with van der Waals surface area (Å²) in [6, 6.07) is 4.69. The van der Waals surface area contributed by atoms with Crippen LogP contribution in [0.1, 0.15) is 18.4 Å². The third kappa shape index (κ3) is 2.50. The van der Waals surface area contributed by atoms with Crippen LogP contribution in [0.5, 0.6) is 11.5 Å². The van der Waals surface area contributed by atoms with Crippen LogP contribution in [0.4, 0.5) is 0 Å². The van der Waals surface area contributed by atoms with Gasteiger partial charge in [-0.15, -0.1) is 0 Å². The molecule has 1 aromatic carbocycles. The molecule has 1 fully saturated rings. The smallest absolute Gasteiger partial charge is 0.141 e. The Labute approximate surface area is 104 Å². The minimum atomic E-state index is 0.700. The maximum atomic E-state index is 5.40. The Morgan fingerprint density at radius 1 is 1.31 bits per heavy atom. The van der Waals surface area contributed by atoms with Crippen molar-refractivity contribution >= 4 is 15.9 Å². The van der Waals surface area contributed by atoms with Crippen LogP contribution in [-0.2, 0) is 6.54 Å². The molecule has 0 unspecified atom stereocenters. The first-order valence-electron chi connectivity index (χ1n) is 5.39. The highest BCUT2D eigenvalue weighted by Crippen LogP contribution is 2.37. The van der Waals surface area contributed by atoms with E-state index in [1.165, 1.54) is 12.8 Å². The molecule has 0 saturated heterocycles. The summed E-state index contributed by atoms with van der Waals surface area (Å²) in [7, 11) is 3.34. The standard InChI is InChI=1S/C12H16BrNO2/c1-15-10-6-3-8(7-14-9-4-5-9)12(16-2)11(10)13/h3,6,9,14H,4-5,7H2,1-2H3. The second kappa shape index (κ2) is 5.06. The summed E-state index contributed by atoms with van der Waals surface area (Å²) >= 11 is 3.50. The van der Waals surface area contributed by atoms with Gasteiger partial charge in [0.2, 0.25) is 0 Å². The van der Waals surface area contributed by atoms with E-state index in [1.54, 1.807) is 14.2 Å². The van der Waals surface area contributed by atoms with Crippen LogP contribution >= 0.6 is 15.9 Å². The molecule has 0 spiro atoms. The minimum Gasteiger partial charge on any atom is -0.495 e. The molecule has 1 saturated carbocycles. The summed E-state index contributed by atoms with van der Waals surface area (Å²) in [5, 5.41) is 3.47.